The topological polar surface area (TPSA) is 12.0 Å². The molecular weight excluding hydrogens is 189 g/mol. The van der Waals surface area contributed by atoms with Crippen LogP contribution in [0, 0.1) is 5.82 Å². The van der Waals surface area contributed by atoms with Gasteiger partial charge >= 0.3 is 0 Å². The fourth-order valence-electron chi connectivity index (χ4n) is 0.972. The molecule has 0 fully saturated rings. The van der Waals surface area contributed by atoms with Gasteiger partial charge in [-0.05, 0) is 31.5 Å². The smallest absolute Gasteiger partial charge is 0.141 e. The first-order valence-electron chi connectivity index (χ1n) is 4.35. The fraction of sp³-hybridized carbons (Fsp3) is 0.400. The minimum absolute atomic E-state index is 0.160. The van der Waals surface area contributed by atoms with Gasteiger partial charge in [0.2, 0.25) is 0 Å². The van der Waals surface area contributed by atoms with E-state index >= 15 is 0 Å². The van der Waals surface area contributed by atoms with Crippen molar-refractivity contribution < 1.29 is 4.39 Å². The summed E-state index contributed by atoms with van der Waals surface area (Å²) < 4.78 is 12.8. The molecule has 0 aromatic heterocycles. The molecule has 0 aliphatic rings. The minimum atomic E-state index is -0.378. The van der Waals surface area contributed by atoms with Gasteiger partial charge in [-0.15, -0.1) is 0 Å². The highest BCUT2D eigenvalue weighted by atomic mass is 35.5. The Morgan fingerprint density at radius 2 is 2.23 bits per heavy atom. The van der Waals surface area contributed by atoms with Gasteiger partial charge in [-0.25, -0.2) is 4.39 Å². The molecule has 0 heterocycles. The molecule has 13 heavy (non-hydrogen) atoms. The largest absolute Gasteiger partial charge is 0.383 e. The average Bonchev–Trinajstić information content (AvgIpc) is 2.11. The molecular formula is C10H13ClFN. The summed E-state index contributed by atoms with van der Waals surface area (Å²) in [6.07, 6.45) is 1.02. The summed E-state index contributed by atoms with van der Waals surface area (Å²) in [5, 5.41) is 3.37. The van der Waals surface area contributed by atoms with Gasteiger partial charge in [0.05, 0.1) is 5.02 Å². The highest BCUT2D eigenvalue weighted by Gasteiger charge is 2.02. The Morgan fingerprint density at radius 1 is 1.54 bits per heavy atom. The lowest BCUT2D eigenvalue weighted by Gasteiger charge is -2.12. The van der Waals surface area contributed by atoms with Crippen LogP contribution in [0.3, 0.4) is 0 Å². The van der Waals surface area contributed by atoms with Gasteiger partial charge in [0, 0.05) is 11.7 Å². The molecule has 1 N–H and O–H groups in total. The van der Waals surface area contributed by atoms with E-state index < -0.39 is 0 Å². The van der Waals surface area contributed by atoms with Gasteiger partial charge in [0.25, 0.3) is 0 Å². The molecule has 0 saturated carbocycles. The van der Waals surface area contributed by atoms with Crippen LogP contribution in [0.15, 0.2) is 18.2 Å². The second-order valence-corrected chi connectivity index (χ2v) is 3.49. The first-order chi connectivity index (χ1) is 6.13. The molecule has 0 aliphatic carbocycles. The molecule has 1 atom stereocenters. The summed E-state index contributed by atoms with van der Waals surface area (Å²) in [6, 6.07) is 5.03. The number of halogens is 2. The van der Waals surface area contributed by atoms with Gasteiger partial charge in [-0.1, -0.05) is 18.5 Å². The van der Waals surface area contributed by atoms with E-state index in [1.165, 1.54) is 6.07 Å². The summed E-state index contributed by atoms with van der Waals surface area (Å²) >= 11 is 5.63. The second kappa shape index (κ2) is 4.47. The van der Waals surface area contributed by atoms with Gasteiger partial charge in [-0.3, -0.25) is 0 Å². The van der Waals surface area contributed by atoms with Crippen LogP contribution in [-0.2, 0) is 0 Å². The SMILES string of the molecule is CCC(C)Nc1ccc(F)c(Cl)c1. The zero-order valence-electron chi connectivity index (χ0n) is 7.77. The van der Waals surface area contributed by atoms with Crippen molar-refractivity contribution in [2.24, 2.45) is 0 Å². The maximum absolute atomic E-state index is 12.8. The highest BCUT2D eigenvalue weighted by Crippen LogP contribution is 2.20. The molecule has 0 saturated heterocycles. The molecule has 1 aromatic carbocycles. The van der Waals surface area contributed by atoms with Crippen LogP contribution in [0.4, 0.5) is 10.1 Å². The normalized spacial score (nSPS) is 12.6. The second-order valence-electron chi connectivity index (χ2n) is 3.08. The molecule has 0 spiro atoms. The zero-order chi connectivity index (χ0) is 9.84. The van der Waals surface area contributed by atoms with E-state index in [2.05, 4.69) is 19.2 Å². The monoisotopic (exact) mass is 201 g/mol. The molecule has 1 nitrogen and oxygen atoms in total. The maximum Gasteiger partial charge on any atom is 0.141 e. The fourth-order valence-corrected chi connectivity index (χ4v) is 1.15. The lowest BCUT2D eigenvalue weighted by atomic mass is 10.2. The van der Waals surface area contributed by atoms with Crippen molar-refractivity contribution in [2.75, 3.05) is 5.32 Å². The van der Waals surface area contributed by atoms with E-state index in [9.17, 15) is 4.39 Å². The zero-order valence-corrected chi connectivity index (χ0v) is 8.53. The van der Waals surface area contributed by atoms with Crippen LogP contribution in [-0.4, -0.2) is 6.04 Å². The van der Waals surface area contributed by atoms with Crippen LogP contribution in [0.1, 0.15) is 20.3 Å². The van der Waals surface area contributed by atoms with Gasteiger partial charge in [0.15, 0.2) is 0 Å². The number of rotatable bonds is 3. The van der Waals surface area contributed by atoms with E-state index in [4.69, 9.17) is 11.6 Å². The van der Waals surface area contributed by atoms with Crippen molar-refractivity contribution in [3.63, 3.8) is 0 Å². The third kappa shape index (κ3) is 2.88. The van der Waals surface area contributed by atoms with Crippen LogP contribution < -0.4 is 5.32 Å². The van der Waals surface area contributed by atoms with Crippen molar-refractivity contribution >= 4 is 17.3 Å². The number of hydrogen-bond acceptors (Lipinski definition) is 1. The third-order valence-corrected chi connectivity index (χ3v) is 2.23. The molecule has 0 radical (unpaired) electrons. The van der Waals surface area contributed by atoms with Crippen LogP contribution in [0.25, 0.3) is 0 Å². The van der Waals surface area contributed by atoms with Gasteiger partial charge < -0.3 is 5.32 Å². The van der Waals surface area contributed by atoms with Crippen LogP contribution in [0.2, 0.25) is 5.02 Å². The predicted octanol–water partition coefficient (Wildman–Crippen LogP) is 3.69. The van der Waals surface area contributed by atoms with Gasteiger partial charge in [0.1, 0.15) is 5.82 Å². The summed E-state index contributed by atoms with van der Waals surface area (Å²) in [5.74, 6) is -0.378. The van der Waals surface area contributed by atoms with E-state index in [0.29, 0.717) is 6.04 Å². The van der Waals surface area contributed by atoms with E-state index in [-0.39, 0.29) is 10.8 Å². The molecule has 0 bridgehead atoms. The average molecular weight is 202 g/mol. The Morgan fingerprint density at radius 3 is 2.77 bits per heavy atom. The molecule has 0 aliphatic heterocycles. The molecule has 0 amide bonds. The first kappa shape index (κ1) is 10.3. The van der Waals surface area contributed by atoms with Crippen LogP contribution in [0.5, 0.6) is 0 Å². The number of anilines is 1. The van der Waals surface area contributed by atoms with E-state index in [0.717, 1.165) is 12.1 Å². The summed E-state index contributed by atoms with van der Waals surface area (Å²) in [6.45, 7) is 4.15. The summed E-state index contributed by atoms with van der Waals surface area (Å²) in [4.78, 5) is 0. The van der Waals surface area contributed by atoms with Crippen LogP contribution >= 0.6 is 11.6 Å². The third-order valence-electron chi connectivity index (χ3n) is 1.95. The Labute approximate surface area is 82.9 Å². The molecule has 1 aromatic rings. The number of nitrogens with one attached hydrogen (secondary N) is 1. The van der Waals surface area contributed by atoms with Gasteiger partial charge in [-0.2, -0.15) is 0 Å². The molecule has 1 rings (SSSR count). The first-order valence-corrected chi connectivity index (χ1v) is 4.73. The van der Waals surface area contributed by atoms with Crippen molar-refractivity contribution in [3.05, 3.63) is 29.0 Å². The maximum atomic E-state index is 12.8. The molecule has 72 valence electrons. The quantitative estimate of drug-likeness (QED) is 0.787. The minimum Gasteiger partial charge on any atom is -0.383 e. The Bertz CT molecular complexity index is 288. The number of benzene rings is 1. The molecule has 3 heteroatoms. The lowest BCUT2D eigenvalue weighted by molar-refractivity contribution is 0.628. The van der Waals surface area contributed by atoms with Crippen molar-refractivity contribution in [2.45, 2.75) is 26.3 Å². The Balaban J connectivity index is 2.73. The van der Waals surface area contributed by atoms with E-state index in [1.807, 2.05) is 0 Å². The number of hydrogen-bond donors (Lipinski definition) is 1. The van der Waals surface area contributed by atoms with E-state index in [1.54, 1.807) is 12.1 Å². The van der Waals surface area contributed by atoms with Crippen molar-refractivity contribution in [1.82, 2.24) is 0 Å². The Hall–Kier alpha value is -0.760. The lowest BCUT2D eigenvalue weighted by Crippen LogP contribution is -2.13. The standard InChI is InChI=1S/C10H13ClFN/c1-3-7(2)13-8-4-5-10(12)9(11)6-8/h4-7,13H,3H2,1-2H3. The predicted molar refractivity (Wildman–Crippen MR) is 54.8 cm³/mol. The van der Waals surface area contributed by atoms with Crippen molar-refractivity contribution in [3.8, 4) is 0 Å². The Kier molecular flexibility index (Phi) is 3.55. The van der Waals surface area contributed by atoms with Crippen molar-refractivity contribution in [1.29, 1.82) is 0 Å². The summed E-state index contributed by atoms with van der Waals surface area (Å²) in [7, 11) is 0. The summed E-state index contributed by atoms with van der Waals surface area (Å²) in [5.41, 5.74) is 0.862. The molecule has 1 unspecified atom stereocenters. The highest BCUT2D eigenvalue weighted by molar-refractivity contribution is 6.31.